The van der Waals surface area contributed by atoms with Gasteiger partial charge in [0.1, 0.15) is 0 Å². The van der Waals surface area contributed by atoms with Gasteiger partial charge in [0.05, 0.1) is 13.2 Å². The summed E-state index contributed by atoms with van der Waals surface area (Å²) in [5, 5.41) is 13.2. The number of nitrogens with zero attached hydrogens (tertiary/aromatic N) is 1. The molecule has 0 aromatic rings. The first-order valence-electron chi connectivity index (χ1n) is 7.51. The molecule has 5 nitrogen and oxygen atoms in total. The quantitative estimate of drug-likeness (QED) is 0.828. The molecule has 1 rings (SSSR count). The van der Waals surface area contributed by atoms with E-state index in [9.17, 15) is 9.90 Å². The monoisotopic (exact) mass is 286 g/mol. The van der Waals surface area contributed by atoms with Crippen LogP contribution in [0.4, 0.5) is 4.79 Å². The number of amides is 1. The summed E-state index contributed by atoms with van der Waals surface area (Å²) in [5.74, 6) is 0.403. The van der Waals surface area contributed by atoms with E-state index in [1.165, 1.54) is 7.11 Å². The number of hydrogen-bond donors (Lipinski definition) is 2. The third kappa shape index (κ3) is 5.29. The van der Waals surface area contributed by atoms with Crippen molar-refractivity contribution in [2.75, 3.05) is 26.7 Å². The van der Waals surface area contributed by atoms with E-state index >= 15 is 0 Å². The van der Waals surface area contributed by atoms with E-state index in [0.29, 0.717) is 5.92 Å². The zero-order valence-corrected chi connectivity index (χ0v) is 13.5. The normalized spacial score (nSPS) is 26.1. The van der Waals surface area contributed by atoms with Gasteiger partial charge in [-0.1, -0.05) is 27.7 Å². The molecule has 118 valence electrons. The SMILES string of the molecule is CCN1CC(CC(O)C(C)(C)C)CC(NC(=O)OC)C1. The number of aliphatic hydroxyl groups excluding tert-OH is 1. The zero-order valence-electron chi connectivity index (χ0n) is 13.5. The Balaban J connectivity index is 2.60. The van der Waals surface area contributed by atoms with Gasteiger partial charge >= 0.3 is 6.09 Å². The third-order valence-electron chi connectivity index (χ3n) is 4.12. The van der Waals surface area contributed by atoms with Crippen molar-refractivity contribution >= 4 is 6.09 Å². The first-order valence-corrected chi connectivity index (χ1v) is 7.51. The van der Waals surface area contributed by atoms with Gasteiger partial charge in [0, 0.05) is 19.1 Å². The number of nitrogens with one attached hydrogen (secondary N) is 1. The fraction of sp³-hybridized carbons (Fsp3) is 0.933. The summed E-state index contributed by atoms with van der Waals surface area (Å²) in [5.41, 5.74) is -0.0975. The van der Waals surface area contributed by atoms with Gasteiger partial charge < -0.3 is 20.1 Å². The van der Waals surface area contributed by atoms with Crippen LogP contribution in [0, 0.1) is 11.3 Å². The molecule has 1 amide bonds. The summed E-state index contributed by atoms with van der Waals surface area (Å²) in [6.07, 6.45) is 0.990. The lowest BCUT2D eigenvalue weighted by Crippen LogP contribution is -2.51. The molecule has 2 N–H and O–H groups in total. The number of alkyl carbamates (subject to hydrolysis) is 1. The van der Waals surface area contributed by atoms with Crippen molar-refractivity contribution in [2.45, 2.75) is 52.7 Å². The molecule has 1 heterocycles. The number of ether oxygens (including phenoxy) is 1. The van der Waals surface area contributed by atoms with Gasteiger partial charge in [-0.05, 0) is 30.7 Å². The number of carbonyl (C=O) groups excluding carboxylic acids is 1. The molecule has 1 aliphatic rings. The topological polar surface area (TPSA) is 61.8 Å². The Kier molecular flexibility index (Phi) is 6.27. The van der Waals surface area contributed by atoms with E-state index in [0.717, 1.165) is 32.5 Å². The minimum atomic E-state index is -0.372. The molecule has 0 spiro atoms. The zero-order chi connectivity index (χ0) is 15.3. The molecule has 0 aliphatic carbocycles. The van der Waals surface area contributed by atoms with Crippen molar-refractivity contribution in [1.82, 2.24) is 10.2 Å². The number of aliphatic hydroxyl groups is 1. The van der Waals surface area contributed by atoms with Crippen molar-refractivity contribution in [3.63, 3.8) is 0 Å². The minimum Gasteiger partial charge on any atom is -0.453 e. The molecular weight excluding hydrogens is 256 g/mol. The van der Waals surface area contributed by atoms with Gasteiger partial charge in [0.15, 0.2) is 0 Å². The highest BCUT2D eigenvalue weighted by Gasteiger charge is 2.32. The molecule has 1 saturated heterocycles. The lowest BCUT2D eigenvalue weighted by atomic mass is 9.80. The number of rotatable bonds is 4. The van der Waals surface area contributed by atoms with Crippen molar-refractivity contribution in [2.24, 2.45) is 11.3 Å². The van der Waals surface area contributed by atoms with Crippen LogP contribution < -0.4 is 5.32 Å². The van der Waals surface area contributed by atoms with Crippen molar-refractivity contribution in [3.05, 3.63) is 0 Å². The minimum absolute atomic E-state index is 0.0975. The molecule has 0 saturated carbocycles. The predicted molar refractivity (Wildman–Crippen MR) is 79.6 cm³/mol. The Morgan fingerprint density at radius 1 is 1.45 bits per heavy atom. The second kappa shape index (κ2) is 7.27. The second-order valence-electron chi connectivity index (χ2n) is 6.90. The standard InChI is InChI=1S/C15H30N2O3/c1-6-17-9-11(8-13(18)15(2,3)4)7-12(10-17)16-14(19)20-5/h11-13,18H,6-10H2,1-5H3,(H,16,19). The van der Waals surface area contributed by atoms with E-state index < -0.39 is 0 Å². The largest absolute Gasteiger partial charge is 0.453 e. The maximum absolute atomic E-state index is 11.4. The molecule has 0 radical (unpaired) electrons. The van der Waals surface area contributed by atoms with Crippen LogP contribution in [0.5, 0.6) is 0 Å². The highest BCUT2D eigenvalue weighted by Crippen LogP contribution is 2.28. The van der Waals surface area contributed by atoms with Crippen LogP contribution in [0.3, 0.4) is 0 Å². The highest BCUT2D eigenvalue weighted by atomic mass is 16.5. The van der Waals surface area contributed by atoms with Gasteiger partial charge in [0.25, 0.3) is 0 Å². The molecule has 3 atom stereocenters. The molecule has 0 bridgehead atoms. The summed E-state index contributed by atoms with van der Waals surface area (Å²) in [7, 11) is 1.39. The molecule has 5 heteroatoms. The van der Waals surface area contributed by atoms with Gasteiger partial charge in [-0.15, -0.1) is 0 Å². The van der Waals surface area contributed by atoms with Gasteiger partial charge in [-0.2, -0.15) is 0 Å². The average Bonchev–Trinajstić information content (AvgIpc) is 2.37. The Hall–Kier alpha value is -0.810. The molecule has 0 aromatic heterocycles. The number of likely N-dealkylation sites (tertiary alicyclic amines) is 1. The van der Waals surface area contributed by atoms with E-state index in [2.05, 4.69) is 42.6 Å². The first-order chi connectivity index (χ1) is 9.26. The number of carbonyl (C=O) groups is 1. The second-order valence-corrected chi connectivity index (χ2v) is 6.90. The van der Waals surface area contributed by atoms with Crippen LogP contribution in [0.25, 0.3) is 0 Å². The smallest absolute Gasteiger partial charge is 0.407 e. The van der Waals surface area contributed by atoms with Crippen molar-refractivity contribution in [3.8, 4) is 0 Å². The molecular formula is C15H30N2O3. The van der Waals surface area contributed by atoms with Gasteiger partial charge in [0.2, 0.25) is 0 Å². The average molecular weight is 286 g/mol. The van der Waals surface area contributed by atoms with Crippen LogP contribution in [0.2, 0.25) is 0 Å². The van der Waals surface area contributed by atoms with Crippen LogP contribution in [-0.4, -0.2) is 55.0 Å². The van der Waals surface area contributed by atoms with Crippen LogP contribution in [-0.2, 0) is 4.74 Å². The lowest BCUT2D eigenvalue weighted by Gasteiger charge is -2.39. The van der Waals surface area contributed by atoms with E-state index in [1.54, 1.807) is 0 Å². The number of methoxy groups -OCH3 is 1. The highest BCUT2D eigenvalue weighted by molar-refractivity contribution is 5.67. The number of likely N-dealkylation sites (N-methyl/N-ethyl adjacent to an activating group) is 1. The molecule has 20 heavy (non-hydrogen) atoms. The summed E-state index contributed by atoms with van der Waals surface area (Å²) in [4.78, 5) is 13.7. The van der Waals surface area contributed by atoms with Crippen LogP contribution >= 0.6 is 0 Å². The Labute approximate surface area is 122 Å². The van der Waals surface area contributed by atoms with Crippen LogP contribution in [0.1, 0.15) is 40.5 Å². The van der Waals surface area contributed by atoms with E-state index in [4.69, 9.17) is 0 Å². The van der Waals surface area contributed by atoms with E-state index in [-0.39, 0.29) is 23.7 Å². The van der Waals surface area contributed by atoms with Crippen molar-refractivity contribution < 1.29 is 14.6 Å². The Morgan fingerprint density at radius 2 is 2.10 bits per heavy atom. The third-order valence-corrected chi connectivity index (χ3v) is 4.12. The molecule has 0 aromatic carbocycles. The predicted octanol–water partition coefficient (Wildman–Crippen LogP) is 1.85. The van der Waals surface area contributed by atoms with Crippen LogP contribution in [0.15, 0.2) is 0 Å². The Bertz CT molecular complexity index is 315. The van der Waals surface area contributed by atoms with Crippen molar-refractivity contribution in [1.29, 1.82) is 0 Å². The maximum Gasteiger partial charge on any atom is 0.407 e. The summed E-state index contributed by atoms with van der Waals surface area (Å²) < 4.78 is 4.67. The number of hydrogen-bond acceptors (Lipinski definition) is 4. The fourth-order valence-electron chi connectivity index (χ4n) is 2.73. The summed E-state index contributed by atoms with van der Waals surface area (Å²) >= 11 is 0. The fourth-order valence-corrected chi connectivity index (χ4v) is 2.73. The summed E-state index contributed by atoms with van der Waals surface area (Å²) in [6, 6.07) is 0.105. The molecule has 1 aliphatic heterocycles. The van der Waals surface area contributed by atoms with Gasteiger partial charge in [-0.3, -0.25) is 0 Å². The Morgan fingerprint density at radius 3 is 2.60 bits per heavy atom. The molecule has 1 fully saturated rings. The first kappa shape index (κ1) is 17.2. The molecule has 3 unspecified atom stereocenters. The van der Waals surface area contributed by atoms with Gasteiger partial charge in [-0.25, -0.2) is 4.79 Å². The number of piperidine rings is 1. The lowest BCUT2D eigenvalue weighted by molar-refractivity contribution is 0.0228. The summed E-state index contributed by atoms with van der Waals surface area (Å²) in [6.45, 7) is 11.1. The van der Waals surface area contributed by atoms with E-state index in [1.807, 2.05) is 0 Å². The maximum atomic E-state index is 11.4.